The highest BCUT2D eigenvalue weighted by molar-refractivity contribution is 5.85. The summed E-state index contributed by atoms with van der Waals surface area (Å²) in [5.74, 6) is 0. The highest BCUT2D eigenvalue weighted by Gasteiger charge is 1.97. The molecule has 1 atom stereocenters. The summed E-state index contributed by atoms with van der Waals surface area (Å²) in [5, 5.41) is 0. The van der Waals surface area contributed by atoms with Crippen molar-refractivity contribution in [3.8, 4) is 0 Å². The van der Waals surface area contributed by atoms with Crippen molar-refractivity contribution in [1.29, 1.82) is 0 Å². The molecule has 0 bridgehead atoms. The quantitative estimate of drug-likeness (QED) is 0.702. The van der Waals surface area contributed by atoms with E-state index in [2.05, 4.69) is 4.98 Å². The minimum absolute atomic E-state index is 0. The Hall–Kier alpha value is -0.600. The first-order valence-corrected chi connectivity index (χ1v) is 3.38. The first-order chi connectivity index (χ1) is 4.70. The van der Waals surface area contributed by atoms with E-state index in [1.54, 1.807) is 6.20 Å². The Morgan fingerprint density at radius 2 is 2.18 bits per heavy atom. The smallest absolute Gasteiger partial charge is 0.0375 e. The number of halogens is 1. The van der Waals surface area contributed by atoms with Crippen LogP contribution < -0.4 is 5.73 Å². The topological polar surface area (TPSA) is 38.9 Å². The van der Waals surface area contributed by atoms with Crippen LogP contribution in [0.2, 0.25) is 0 Å². The number of aryl methyl sites for hydroxylation is 1. The monoisotopic (exact) mass is 172 g/mol. The Balaban J connectivity index is 0.000001000. The molecule has 2 nitrogen and oxygen atoms in total. The summed E-state index contributed by atoms with van der Waals surface area (Å²) in [4.78, 5) is 4.07. The largest absolute Gasteiger partial charge is 0.324 e. The molecule has 1 rings (SSSR count). The molecule has 0 amide bonds. The zero-order valence-corrected chi connectivity index (χ0v) is 7.56. The van der Waals surface area contributed by atoms with Crippen molar-refractivity contribution in [3.05, 3.63) is 29.6 Å². The number of nitrogens with zero attached hydrogens (tertiary/aromatic N) is 1. The van der Waals surface area contributed by atoms with E-state index >= 15 is 0 Å². The molecule has 1 aromatic heterocycles. The fourth-order valence-corrected chi connectivity index (χ4v) is 0.851. The summed E-state index contributed by atoms with van der Waals surface area (Å²) in [5.41, 5.74) is 7.82. The van der Waals surface area contributed by atoms with Crippen LogP contribution in [0.1, 0.15) is 24.2 Å². The van der Waals surface area contributed by atoms with E-state index in [4.69, 9.17) is 5.73 Å². The second-order valence-corrected chi connectivity index (χ2v) is 2.52. The molecule has 0 aliphatic rings. The van der Waals surface area contributed by atoms with Gasteiger partial charge >= 0.3 is 0 Å². The summed E-state index contributed by atoms with van der Waals surface area (Å²) in [6, 6.07) is 4.06. The molecule has 0 aliphatic carbocycles. The van der Waals surface area contributed by atoms with Gasteiger partial charge in [0.15, 0.2) is 0 Å². The van der Waals surface area contributed by atoms with E-state index < -0.39 is 0 Å². The van der Waals surface area contributed by atoms with Crippen LogP contribution in [0.3, 0.4) is 0 Å². The molecule has 0 aromatic carbocycles. The Bertz CT molecular complexity index is 223. The van der Waals surface area contributed by atoms with Gasteiger partial charge in [-0.05, 0) is 31.5 Å². The van der Waals surface area contributed by atoms with Crippen LogP contribution >= 0.6 is 12.4 Å². The number of hydrogen-bond acceptors (Lipinski definition) is 2. The fraction of sp³-hybridized carbons (Fsp3) is 0.375. The van der Waals surface area contributed by atoms with Crippen LogP contribution in [0.25, 0.3) is 0 Å². The van der Waals surface area contributed by atoms with Gasteiger partial charge in [-0.3, -0.25) is 4.98 Å². The van der Waals surface area contributed by atoms with Crippen LogP contribution in [-0.4, -0.2) is 4.98 Å². The van der Waals surface area contributed by atoms with E-state index in [-0.39, 0.29) is 18.4 Å². The highest BCUT2D eigenvalue weighted by atomic mass is 35.5. The van der Waals surface area contributed by atoms with Gasteiger partial charge in [-0.25, -0.2) is 0 Å². The minimum atomic E-state index is 0. The van der Waals surface area contributed by atoms with Gasteiger partial charge in [0, 0.05) is 17.9 Å². The third-order valence-corrected chi connectivity index (χ3v) is 1.45. The Morgan fingerprint density at radius 1 is 1.55 bits per heavy atom. The molecule has 0 radical (unpaired) electrons. The molecule has 11 heavy (non-hydrogen) atoms. The summed E-state index contributed by atoms with van der Waals surface area (Å²) >= 11 is 0. The first-order valence-electron chi connectivity index (χ1n) is 3.38. The van der Waals surface area contributed by atoms with Gasteiger partial charge in [-0.1, -0.05) is 0 Å². The molecular weight excluding hydrogens is 160 g/mol. The van der Waals surface area contributed by atoms with E-state index in [1.807, 2.05) is 26.0 Å². The number of hydrogen-bond donors (Lipinski definition) is 1. The Kier molecular flexibility index (Phi) is 4.08. The van der Waals surface area contributed by atoms with Crippen LogP contribution in [0.5, 0.6) is 0 Å². The average molecular weight is 173 g/mol. The summed E-state index contributed by atoms with van der Waals surface area (Å²) in [6.45, 7) is 3.93. The zero-order valence-electron chi connectivity index (χ0n) is 6.74. The maximum absolute atomic E-state index is 5.65. The van der Waals surface area contributed by atoms with Gasteiger partial charge in [0.05, 0.1) is 0 Å². The first kappa shape index (κ1) is 10.4. The molecule has 0 fully saturated rings. The molecule has 1 unspecified atom stereocenters. The minimum Gasteiger partial charge on any atom is -0.324 e. The third kappa shape index (κ3) is 2.87. The lowest BCUT2D eigenvalue weighted by Gasteiger charge is -2.04. The van der Waals surface area contributed by atoms with Crippen LogP contribution in [0.15, 0.2) is 18.3 Å². The number of rotatable bonds is 1. The van der Waals surface area contributed by atoms with Gasteiger partial charge in [0.2, 0.25) is 0 Å². The number of nitrogens with two attached hydrogens (primary N) is 1. The van der Waals surface area contributed by atoms with Gasteiger partial charge in [-0.2, -0.15) is 0 Å². The average Bonchev–Trinajstić information content (AvgIpc) is 1.88. The lowest BCUT2D eigenvalue weighted by atomic mass is 10.1. The van der Waals surface area contributed by atoms with Crippen LogP contribution in [0.4, 0.5) is 0 Å². The number of aromatic nitrogens is 1. The predicted octanol–water partition coefficient (Wildman–Crippen LogP) is 1.83. The molecule has 0 saturated carbocycles. The summed E-state index contributed by atoms with van der Waals surface area (Å²) in [7, 11) is 0. The van der Waals surface area contributed by atoms with E-state index in [0.717, 1.165) is 11.3 Å². The van der Waals surface area contributed by atoms with E-state index in [0.29, 0.717) is 0 Å². The SMILES string of the molecule is Cc1cc(C(C)N)ccn1.Cl. The summed E-state index contributed by atoms with van der Waals surface area (Å²) in [6.07, 6.45) is 1.79. The summed E-state index contributed by atoms with van der Waals surface area (Å²) < 4.78 is 0. The van der Waals surface area contributed by atoms with Crippen molar-refractivity contribution in [2.24, 2.45) is 5.73 Å². The van der Waals surface area contributed by atoms with Gasteiger partial charge < -0.3 is 5.73 Å². The Morgan fingerprint density at radius 3 is 2.55 bits per heavy atom. The third-order valence-electron chi connectivity index (χ3n) is 1.45. The standard InChI is InChI=1S/C8H12N2.ClH/c1-6-5-8(7(2)9)3-4-10-6;/h3-5,7H,9H2,1-2H3;1H. The molecule has 1 aromatic rings. The zero-order chi connectivity index (χ0) is 7.56. The maximum atomic E-state index is 5.65. The van der Waals surface area contributed by atoms with Gasteiger partial charge in [0.25, 0.3) is 0 Å². The molecule has 62 valence electrons. The normalized spacial score (nSPS) is 11.9. The van der Waals surface area contributed by atoms with Gasteiger partial charge in [-0.15, -0.1) is 12.4 Å². The lowest BCUT2D eigenvalue weighted by molar-refractivity contribution is 0.813. The van der Waals surface area contributed by atoms with E-state index in [9.17, 15) is 0 Å². The maximum Gasteiger partial charge on any atom is 0.0375 e. The van der Waals surface area contributed by atoms with Gasteiger partial charge in [0.1, 0.15) is 0 Å². The molecule has 3 heteroatoms. The molecule has 0 spiro atoms. The van der Waals surface area contributed by atoms with Crippen molar-refractivity contribution in [2.75, 3.05) is 0 Å². The molecule has 0 saturated heterocycles. The molecule has 2 N–H and O–H groups in total. The fourth-order valence-electron chi connectivity index (χ4n) is 0.851. The second kappa shape index (κ2) is 4.31. The highest BCUT2D eigenvalue weighted by Crippen LogP contribution is 2.08. The molecule has 1 heterocycles. The van der Waals surface area contributed by atoms with Crippen molar-refractivity contribution in [3.63, 3.8) is 0 Å². The van der Waals surface area contributed by atoms with Crippen LogP contribution in [-0.2, 0) is 0 Å². The van der Waals surface area contributed by atoms with E-state index in [1.165, 1.54) is 0 Å². The van der Waals surface area contributed by atoms with Crippen molar-refractivity contribution in [2.45, 2.75) is 19.9 Å². The Labute approximate surface area is 73.2 Å². The predicted molar refractivity (Wildman–Crippen MR) is 48.8 cm³/mol. The second-order valence-electron chi connectivity index (χ2n) is 2.52. The van der Waals surface area contributed by atoms with Crippen molar-refractivity contribution >= 4 is 12.4 Å². The van der Waals surface area contributed by atoms with Crippen LogP contribution in [0, 0.1) is 6.92 Å². The van der Waals surface area contributed by atoms with Crippen molar-refractivity contribution in [1.82, 2.24) is 4.98 Å². The molecular formula is C8H13ClN2. The molecule has 0 aliphatic heterocycles. The van der Waals surface area contributed by atoms with Crippen molar-refractivity contribution < 1.29 is 0 Å². The lowest BCUT2D eigenvalue weighted by Crippen LogP contribution is -2.04. The number of pyridine rings is 1.